The van der Waals surface area contributed by atoms with Crippen LogP contribution in [-0.2, 0) is 6.42 Å². The van der Waals surface area contributed by atoms with Crippen molar-refractivity contribution in [2.24, 2.45) is 0 Å². The molecule has 2 aromatic carbocycles. The van der Waals surface area contributed by atoms with E-state index in [0.717, 1.165) is 12.1 Å². The predicted octanol–water partition coefficient (Wildman–Crippen LogP) is 4.74. The Morgan fingerprint density at radius 1 is 1.19 bits per heavy atom. The molecule has 6 nitrogen and oxygen atoms in total. The van der Waals surface area contributed by atoms with Crippen LogP contribution in [0.4, 0.5) is 16.5 Å². The van der Waals surface area contributed by atoms with Gasteiger partial charge < -0.3 is 20.1 Å². The first-order valence-electron chi connectivity index (χ1n) is 8.67. The van der Waals surface area contributed by atoms with E-state index in [-0.39, 0.29) is 12.7 Å². The molecule has 7 heteroatoms. The Hall–Kier alpha value is -3.06. The highest BCUT2D eigenvalue weighted by Crippen LogP contribution is 2.35. The van der Waals surface area contributed by atoms with Crippen LogP contribution in [0.2, 0.25) is 0 Å². The summed E-state index contributed by atoms with van der Waals surface area (Å²) in [5, 5.41) is 6.92. The molecule has 0 saturated heterocycles. The molecular formula is C20H19N3O3S. The fourth-order valence-corrected chi connectivity index (χ4v) is 3.76. The van der Waals surface area contributed by atoms with E-state index in [9.17, 15) is 4.79 Å². The van der Waals surface area contributed by atoms with Gasteiger partial charge in [-0.3, -0.25) is 4.79 Å². The number of thiazole rings is 1. The standard InChI is InChI=1S/C20H19N3O3S/c1-3-13-6-4-5-7-15(13)23-20-21-12(2)18(27-20)19(24)22-14-8-9-16-17(10-14)26-11-25-16/h4-10H,3,11H2,1-2H3,(H,21,23)(H,22,24). The number of fused-ring (bicyclic) bond motifs is 1. The van der Waals surface area contributed by atoms with Gasteiger partial charge >= 0.3 is 0 Å². The van der Waals surface area contributed by atoms with Crippen molar-refractivity contribution >= 4 is 33.8 Å². The highest BCUT2D eigenvalue weighted by molar-refractivity contribution is 7.17. The Balaban J connectivity index is 1.51. The Kier molecular flexibility index (Phi) is 4.68. The van der Waals surface area contributed by atoms with Gasteiger partial charge in [0.15, 0.2) is 16.6 Å². The molecule has 0 unspecified atom stereocenters. The molecule has 3 aromatic rings. The molecule has 1 aromatic heterocycles. The number of aromatic nitrogens is 1. The van der Waals surface area contributed by atoms with Crippen LogP contribution in [-0.4, -0.2) is 17.7 Å². The zero-order valence-electron chi connectivity index (χ0n) is 15.0. The van der Waals surface area contributed by atoms with Gasteiger partial charge in [0, 0.05) is 17.4 Å². The van der Waals surface area contributed by atoms with Crippen LogP contribution < -0.4 is 20.1 Å². The first-order chi connectivity index (χ1) is 13.1. The summed E-state index contributed by atoms with van der Waals surface area (Å²) in [5.41, 5.74) is 3.56. The first-order valence-corrected chi connectivity index (χ1v) is 9.49. The molecule has 2 heterocycles. The highest BCUT2D eigenvalue weighted by atomic mass is 32.1. The van der Waals surface area contributed by atoms with Gasteiger partial charge in [0.25, 0.3) is 5.91 Å². The van der Waals surface area contributed by atoms with Gasteiger partial charge in [-0.15, -0.1) is 0 Å². The second kappa shape index (κ2) is 7.28. The molecular weight excluding hydrogens is 362 g/mol. The molecule has 1 aliphatic heterocycles. The number of hydrogen-bond donors (Lipinski definition) is 2. The number of nitrogens with zero attached hydrogens (tertiary/aromatic N) is 1. The number of para-hydroxylation sites is 1. The van der Waals surface area contributed by atoms with Gasteiger partial charge in [0.2, 0.25) is 6.79 Å². The number of nitrogens with one attached hydrogen (secondary N) is 2. The number of carbonyl (C=O) groups is 1. The molecule has 0 bridgehead atoms. The number of aryl methyl sites for hydroxylation is 2. The van der Waals surface area contributed by atoms with Crippen molar-refractivity contribution in [1.29, 1.82) is 0 Å². The Bertz CT molecular complexity index is 1000. The van der Waals surface area contributed by atoms with Gasteiger partial charge in [0.05, 0.1) is 5.69 Å². The lowest BCUT2D eigenvalue weighted by Gasteiger charge is -2.07. The normalized spacial score (nSPS) is 12.1. The second-order valence-electron chi connectivity index (χ2n) is 6.09. The van der Waals surface area contributed by atoms with Crippen LogP contribution in [0.1, 0.15) is 27.9 Å². The average Bonchev–Trinajstić information content (AvgIpc) is 3.28. The number of hydrogen-bond acceptors (Lipinski definition) is 6. The first kappa shape index (κ1) is 17.4. The minimum absolute atomic E-state index is 0.194. The van der Waals surface area contributed by atoms with Crippen molar-refractivity contribution in [3.05, 3.63) is 58.6 Å². The second-order valence-corrected chi connectivity index (χ2v) is 7.09. The third-order valence-corrected chi connectivity index (χ3v) is 5.34. The minimum Gasteiger partial charge on any atom is -0.454 e. The van der Waals surface area contributed by atoms with E-state index in [4.69, 9.17) is 9.47 Å². The Morgan fingerprint density at radius 2 is 2.00 bits per heavy atom. The molecule has 0 radical (unpaired) electrons. The SMILES string of the molecule is CCc1ccccc1Nc1nc(C)c(C(=O)Nc2ccc3c(c2)OCO3)s1. The maximum absolute atomic E-state index is 12.7. The van der Waals surface area contributed by atoms with Gasteiger partial charge in [0.1, 0.15) is 4.88 Å². The number of anilines is 3. The van der Waals surface area contributed by atoms with E-state index in [1.165, 1.54) is 16.9 Å². The molecule has 0 aliphatic carbocycles. The molecule has 4 rings (SSSR count). The molecule has 138 valence electrons. The van der Waals surface area contributed by atoms with Crippen LogP contribution in [0.25, 0.3) is 0 Å². The predicted molar refractivity (Wildman–Crippen MR) is 106 cm³/mol. The van der Waals surface area contributed by atoms with Crippen molar-refractivity contribution in [2.45, 2.75) is 20.3 Å². The van der Waals surface area contributed by atoms with Crippen LogP contribution in [0.15, 0.2) is 42.5 Å². The Morgan fingerprint density at radius 3 is 2.85 bits per heavy atom. The quantitative estimate of drug-likeness (QED) is 0.668. The summed E-state index contributed by atoms with van der Waals surface area (Å²) in [7, 11) is 0. The van der Waals surface area contributed by atoms with E-state index < -0.39 is 0 Å². The zero-order chi connectivity index (χ0) is 18.8. The van der Waals surface area contributed by atoms with Crippen LogP contribution in [0, 0.1) is 6.92 Å². The number of ether oxygens (including phenoxy) is 2. The smallest absolute Gasteiger partial charge is 0.267 e. The van der Waals surface area contributed by atoms with Crippen molar-refractivity contribution in [1.82, 2.24) is 4.98 Å². The molecule has 0 atom stereocenters. The van der Waals surface area contributed by atoms with Crippen molar-refractivity contribution in [2.75, 3.05) is 17.4 Å². The third-order valence-electron chi connectivity index (χ3n) is 4.27. The summed E-state index contributed by atoms with van der Waals surface area (Å²) in [4.78, 5) is 17.8. The van der Waals surface area contributed by atoms with Crippen LogP contribution >= 0.6 is 11.3 Å². The maximum atomic E-state index is 12.7. The van der Waals surface area contributed by atoms with Gasteiger partial charge in [-0.05, 0) is 37.1 Å². The summed E-state index contributed by atoms with van der Waals surface area (Å²) in [6, 6.07) is 13.4. The lowest BCUT2D eigenvalue weighted by atomic mass is 10.1. The summed E-state index contributed by atoms with van der Waals surface area (Å²) in [6.45, 7) is 4.15. The van der Waals surface area contributed by atoms with E-state index in [1.807, 2.05) is 25.1 Å². The summed E-state index contributed by atoms with van der Waals surface area (Å²) < 4.78 is 10.6. The molecule has 0 spiro atoms. The van der Waals surface area contributed by atoms with Gasteiger partial charge in [-0.25, -0.2) is 4.98 Å². The third kappa shape index (κ3) is 3.59. The molecule has 2 N–H and O–H groups in total. The molecule has 0 saturated carbocycles. The van der Waals surface area contributed by atoms with E-state index in [2.05, 4.69) is 28.6 Å². The molecule has 27 heavy (non-hydrogen) atoms. The lowest BCUT2D eigenvalue weighted by molar-refractivity contribution is 0.103. The van der Waals surface area contributed by atoms with Gasteiger partial charge in [-0.1, -0.05) is 36.5 Å². The highest BCUT2D eigenvalue weighted by Gasteiger charge is 2.18. The Labute approximate surface area is 161 Å². The van der Waals surface area contributed by atoms with E-state index in [0.29, 0.717) is 32.9 Å². The number of carbonyl (C=O) groups excluding carboxylic acids is 1. The number of rotatable bonds is 5. The van der Waals surface area contributed by atoms with Gasteiger partial charge in [-0.2, -0.15) is 0 Å². The maximum Gasteiger partial charge on any atom is 0.267 e. The molecule has 1 amide bonds. The summed E-state index contributed by atoms with van der Waals surface area (Å²) in [6.07, 6.45) is 0.922. The number of amides is 1. The van der Waals surface area contributed by atoms with Crippen LogP contribution in [0.3, 0.4) is 0 Å². The number of benzene rings is 2. The topological polar surface area (TPSA) is 72.5 Å². The van der Waals surface area contributed by atoms with Crippen molar-refractivity contribution in [3.8, 4) is 11.5 Å². The van der Waals surface area contributed by atoms with Crippen molar-refractivity contribution < 1.29 is 14.3 Å². The van der Waals surface area contributed by atoms with Crippen molar-refractivity contribution in [3.63, 3.8) is 0 Å². The fourth-order valence-electron chi connectivity index (χ4n) is 2.89. The average molecular weight is 381 g/mol. The monoisotopic (exact) mass is 381 g/mol. The summed E-state index contributed by atoms with van der Waals surface area (Å²) >= 11 is 1.34. The van der Waals surface area contributed by atoms with E-state index >= 15 is 0 Å². The fraction of sp³-hybridized carbons (Fsp3) is 0.200. The molecule has 0 fully saturated rings. The molecule has 1 aliphatic rings. The van der Waals surface area contributed by atoms with Crippen LogP contribution in [0.5, 0.6) is 11.5 Å². The lowest BCUT2D eigenvalue weighted by Crippen LogP contribution is -2.11. The minimum atomic E-state index is -0.194. The zero-order valence-corrected chi connectivity index (χ0v) is 15.9. The largest absolute Gasteiger partial charge is 0.454 e. The summed E-state index contributed by atoms with van der Waals surface area (Å²) in [5.74, 6) is 1.12. The van der Waals surface area contributed by atoms with E-state index in [1.54, 1.807) is 18.2 Å².